The van der Waals surface area contributed by atoms with E-state index in [1.807, 2.05) is 56.3 Å². The van der Waals surface area contributed by atoms with Crippen LogP contribution in [0.3, 0.4) is 0 Å². The summed E-state index contributed by atoms with van der Waals surface area (Å²) in [6.45, 7) is 2.00. The number of hydrogen-bond acceptors (Lipinski definition) is 8. The lowest BCUT2D eigenvalue weighted by atomic mass is 10.2. The van der Waals surface area contributed by atoms with Crippen LogP contribution in [0.15, 0.2) is 59.7 Å². The summed E-state index contributed by atoms with van der Waals surface area (Å²) in [5.41, 5.74) is 3.30. The number of aryl methyl sites for hydroxylation is 1. The Hall–Kier alpha value is -3.63. The first-order valence-electron chi connectivity index (χ1n) is 9.59. The molecule has 4 rings (SSSR count). The van der Waals surface area contributed by atoms with Crippen LogP contribution in [0.2, 0.25) is 0 Å². The third-order valence-electron chi connectivity index (χ3n) is 4.63. The lowest BCUT2D eigenvalue weighted by molar-refractivity contribution is -0.380. The maximum absolute atomic E-state index is 13.4. The molecule has 10 heteroatoms. The maximum atomic E-state index is 13.4. The Bertz CT molecular complexity index is 1330. The summed E-state index contributed by atoms with van der Waals surface area (Å²) in [6.07, 6.45) is 1.45. The van der Waals surface area contributed by atoms with Gasteiger partial charge in [0, 0.05) is 31.4 Å². The van der Waals surface area contributed by atoms with Gasteiger partial charge in [-0.05, 0) is 55.0 Å². The number of anilines is 2. The highest BCUT2D eigenvalue weighted by molar-refractivity contribution is 7.22. The van der Waals surface area contributed by atoms with Gasteiger partial charge in [-0.3, -0.25) is 14.9 Å². The molecule has 0 aliphatic rings. The molecule has 0 radical (unpaired) electrons. The molecular formula is C22H19N5O3S2. The number of thiazole rings is 1. The maximum Gasteiger partial charge on any atom is 0.324 e. The Balaban J connectivity index is 1.72. The molecule has 2 aromatic carbocycles. The highest BCUT2D eigenvalue weighted by Crippen LogP contribution is 2.31. The second kappa shape index (κ2) is 8.85. The number of amides is 1. The largest absolute Gasteiger partial charge is 0.378 e. The lowest BCUT2D eigenvalue weighted by Crippen LogP contribution is -2.25. The number of nitro groups is 1. The fraction of sp³-hybridized carbons (Fsp3) is 0.136. The van der Waals surface area contributed by atoms with Crippen LogP contribution >= 0.6 is 22.7 Å². The minimum Gasteiger partial charge on any atom is -0.378 e. The zero-order valence-corrected chi connectivity index (χ0v) is 19.2. The van der Waals surface area contributed by atoms with Crippen LogP contribution in [0, 0.1) is 17.0 Å². The van der Waals surface area contributed by atoms with Crippen LogP contribution in [-0.4, -0.2) is 36.1 Å². The quantitative estimate of drug-likeness (QED) is 0.218. The van der Waals surface area contributed by atoms with Gasteiger partial charge in [0.1, 0.15) is 0 Å². The lowest BCUT2D eigenvalue weighted by Gasteiger charge is -2.15. The van der Waals surface area contributed by atoms with E-state index in [1.165, 1.54) is 28.6 Å². The third kappa shape index (κ3) is 4.51. The van der Waals surface area contributed by atoms with Crippen molar-refractivity contribution in [3.05, 3.63) is 80.7 Å². The van der Waals surface area contributed by atoms with Crippen LogP contribution in [0.5, 0.6) is 0 Å². The molecule has 0 aliphatic carbocycles. The summed E-state index contributed by atoms with van der Waals surface area (Å²) >= 11 is 2.35. The molecule has 0 spiro atoms. The molecule has 0 unspecified atom stereocenters. The van der Waals surface area contributed by atoms with Gasteiger partial charge < -0.3 is 4.90 Å². The van der Waals surface area contributed by atoms with Crippen molar-refractivity contribution >= 4 is 60.8 Å². The zero-order chi connectivity index (χ0) is 22.8. The Kier molecular flexibility index (Phi) is 5.97. The minimum absolute atomic E-state index is 0.0130. The molecule has 2 heterocycles. The van der Waals surface area contributed by atoms with E-state index in [4.69, 9.17) is 0 Å². The van der Waals surface area contributed by atoms with E-state index in [0.717, 1.165) is 32.8 Å². The van der Waals surface area contributed by atoms with Gasteiger partial charge >= 0.3 is 5.00 Å². The molecular weight excluding hydrogens is 446 g/mol. The second-order valence-corrected chi connectivity index (χ2v) is 9.31. The first-order chi connectivity index (χ1) is 15.3. The van der Waals surface area contributed by atoms with Crippen molar-refractivity contribution in [3.8, 4) is 0 Å². The number of fused-ring (bicyclic) bond motifs is 1. The molecule has 162 valence electrons. The predicted octanol–water partition coefficient (Wildman–Crippen LogP) is 5.32. The number of carbonyl (C=O) groups is 1. The van der Waals surface area contributed by atoms with Gasteiger partial charge in [-0.15, -0.1) is 0 Å². The number of rotatable bonds is 6. The van der Waals surface area contributed by atoms with Crippen LogP contribution in [0.25, 0.3) is 10.2 Å². The van der Waals surface area contributed by atoms with E-state index in [-0.39, 0.29) is 10.9 Å². The molecule has 0 saturated carbocycles. The second-order valence-electron chi connectivity index (χ2n) is 7.20. The fourth-order valence-corrected chi connectivity index (χ4v) is 4.66. The van der Waals surface area contributed by atoms with Gasteiger partial charge in [0.25, 0.3) is 5.91 Å². The molecule has 0 N–H and O–H groups in total. The van der Waals surface area contributed by atoms with E-state index in [2.05, 4.69) is 10.1 Å². The Morgan fingerprint density at radius 3 is 2.50 bits per heavy atom. The molecule has 1 amide bonds. The average Bonchev–Trinajstić information content (AvgIpc) is 3.40. The smallest absolute Gasteiger partial charge is 0.324 e. The molecule has 8 nitrogen and oxygen atoms in total. The van der Waals surface area contributed by atoms with Crippen LogP contribution in [-0.2, 0) is 0 Å². The predicted molar refractivity (Wildman–Crippen MR) is 131 cm³/mol. The first kappa shape index (κ1) is 21.6. The fourth-order valence-electron chi connectivity index (χ4n) is 2.95. The number of benzene rings is 2. The first-order valence-corrected chi connectivity index (χ1v) is 11.2. The van der Waals surface area contributed by atoms with Gasteiger partial charge in [-0.25, -0.2) is 4.98 Å². The number of carbonyl (C=O) groups excluding carboxylic acids is 1. The molecule has 0 saturated heterocycles. The summed E-state index contributed by atoms with van der Waals surface area (Å²) in [7, 11) is 3.85. The normalized spacial score (nSPS) is 11.2. The standard InChI is InChI=1S/C22H19N5O3S2/c1-14-4-10-18-19(12-14)32-22(24-18)26(23-13-17-9-11-20(31-17)27(29)30)21(28)15-5-7-16(8-6-15)25(2)3/h4-13H,1-3H3/b23-13+. The molecule has 0 bridgehead atoms. The molecule has 0 fully saturated rings. The minimum atomic E-state index is -0.451. The zero-order valence-electron chi connectivity index (χ0n) is 17.6. The van der Waals surface area contributed by atoms with E-state index < -0.39 is 4.92 Å². The van der Waals surface area contributed by atoms with Gasteiger partial charge in [0.2, 0.25) is 5.13 Å². The van der Waals surface area contributed by atoms with Crippen molar-refractivity contribution in [2.24, 2.45) is 5.10 Å². The highest BCUT2D eigenvalue weighted by Gasteiger charge is 2.21. The van der Waals surface area contributed by atoms with Crippen molar-refractivity contribution in [3.63, 3.8) is 0 Å². The molecule has 32 heavy (non-hydrogen) atoms. The number of nitrogens with zero attached hydrogens (tertiary/aromatic N) is 5. The number of hydrogen-bond donors (Lipinski definition) is 0. The molecule has 0 aliphatic heterocycles. The van der Waals surface area contributed by atoms with Crippen molar-refractivity contribution in [2.75, 3.05) is 24.0 Å². The summed E-state index contributed by atoms with van der Waals surface area (Å²) in [6, 6.07) is 16.1. The van der Waals surface area contributed by atoms with Crippen molar-refractivity contribution in [1.29, 1.82) is 0 Å². The van der Waals surface area contributed by atoms with Gasteiger partial charge in [-0.1, -0.05) is 28.7 Å². The molecule has 4 aromatic rings. The van der Waals surface area contributed by atoms with Crippen LogP contribution in [0.4, 0.5) is 15.8 Å². The number of thiophene rings is 1. The van der Waals surface area contributed by atoms with Crippen molar-refractivity contribution in [2.45, 2.75) is 6.92 Å². The van der Waals surface area contributed by atoms with Gasteiger partial charge in [0.05, 0.1) is 26.2 Å². The number of aromatic nitrogens is 1. The van der Waals surface area contributed by atoms with E-state index in [0.29, 0.717) is 15.6 Å². The summed E-state index contributed by atoms with van der Waals surface area (Å²) in [4.78, 5) is 31.0. The van der Waals surface area contributed by atoms with E-state index >= 15 is 0 Å². The number of hydrazone groups is 1. The summed E-state index contributed by atoms with van der Waals surface area (Å²) in [5.74, 6) is -0.339. The van der Waals surface area contributed by atoms with E-state index in [9.17, 15) is 14.9 Å². The van der Waals surface area contributed by atoms with Crippen LogP contribution in [0.1, 0.15) is 20.8 Å². The Labute approximate surface area is 192 Å². The van der Waals surface area contributed by atoms with Gasteiger partial charge in [-0.2, -0.15) is 10.1 Å². The van der Waals surface area contributed by atoms with Crippen molar-refractivity contribution in [1.82, 2.24) is 4.98 Å². The Morgan fingerprint density at radius 2 is 1.84 bits per heavy atom. The Morgan fingerprint density at radius 1 is 1.09 bits per heavy atom. The summed E-state index contributed by atoms with van der Waals surface area (Å²) in [5, 5.41) is 17.0. The van der Waals surface area contributed by atoms with E-state index in [1.54, 1.807) is 18.2 Å². The average molecular weight is 466 g/mol. The third-order valence-corrected chi connectivity index (χ3v) is 6.60. The van der Waals surface area contributed by atoms with Crippen molar-refractivity contribution < 1.29 is 9.72 Å². The van der Waals surface area contributed by atoms with Gasteiger partial charge in [0.15, 0.2) is 0 Å². The highest BCUT2D eigenvalue weighted by atomic mass is 32.1. The molecule has 2 aromatic heterocycles. The SMILES string of the molecule is Cc1ccc2nc(N(/N=C/c3ccc([N+](=O)[O-])s3)C(=O)c3ccc(N(C)C)cc3)sc2c1. The molecule has 0 atom stereocenters. The topological polar surface area (TPSA) is 91.9 Å². The van der Waals surface area contributed by atoms with Crippen LogP contribution < -0.4 is 9.91 Å². The monoisotopic (exact) mass is 465 g/mol. The summed E-state index contributed by atoms with van der Waals surface area (Å²) < 4.78 is 0.947.